The van der Waals surface area contributed by atoms with Crippen LogP contribution in [0.3, 0.4) is 0 Å². The van der Waals surface area contributed by atoms with E-state index in [0.717, 1.165) is 5.56 Å². The molecule has 2 N–H and O–H groups in total. The van der Waals surface area contributed by atoms with Crippen LogP contribution in [0.5, 0.6) is 0 Å². The Labute approximate surface area is 144 Å². The monoisotopic (exact) mass is 347 g/mol. The Hall–Kier alpha value is -2.45. The van der Waals surface area contributed by atoms with Gasteiger partial charge in [-0.1, -0.05) is 12.1 Å². The van der Waals surface area contributed by atoms with Crippen molar-refractivity contribution >= 4 is 22.8 Å². The fourth-order valence-corrected chi connectivity index (χ4v) is 3.21. The van der Waals surface area contributed by atoms with E-state index in [1.54, 1.807) is 13.1 Å². The second-order valence-corrected chi connectivity index (χ2v) is 6.09. The largest absolute Gasteiger partial charge is 0.396 e. The van der Waals surface area contributed by atoms with E-state index in [-0.39, 0.29) is 24.6 Å². The third-order valence-corrected chi connectivity index (χ3v) is 4.41. The van der Waals surface area contributed by atoms with E-state index in [1.807, 2.05) is 12.1 Å². The van der Waals surface area contributed by atoms with Crippen molar-refractivity contribution in [2.24, 2.45) is 7.05 Å². The number of benzene rings is 1. The molecule has 3 rings (SSSR count). The molecule has 1 saturated heterocycles. The highest BCUT2D eigenvalue weighted by Gasteiger charge is 2.31. The number of rotatable bonds is 6. The van der Waals surface area contributed by atoms with Crippen molar-refractivity contribution in [1.82, 2.24) is 14.5 Å². The Morgan fingerprint density at radius 3 is 2.84 bits per heavy atom. The highest BCUT2D eigenvalue weighted by atomic mass is 16.5. The molecule has 8 nitrogen and oxygen atoms in total. The second-order valence-electron chi connectivity index (χ2n) is 6.09. The topological polar surface area (TPSA) is 103 Å². The molecule has 1 aliphatic heterocycles. The van der Waals surface area contributed by atoms with Crippen molar-refractivity contribution in [3.05, 3.63) is 34.2 Å². The minimum absolute atomic E-state index is 0.0641. The van der Waals surface area contributed by atoms with Crippen LogP contribution in [0.25, 0.3) is 11.0 Å². The van der Waals surface area contributed by atoms with Gasteiger partial charge in [0.25, 0.3) is 0 Å². The van der Waals surface area contributed by atoms with Crippen LogP contribution >= 0.6 is 0 Å². The number of fused-ring (bicyclic) bond motifs is 1. The molecule has 1 aromatic carbocycles. The van der Waals surface area contributed by atoms with E-state index < -0.39 is 11.9 Å². The Balaban J connectivity index is 2.00. The number of imide groups is 1. The zero-order chi connectivity index (χ0) is 18.0. The van der Waals surface area contributed by atoms with Gasteiger partial charge in [0.05, 0.1) is 17.6 Å². The zero-order valence-corrected chi connectivity index (χ0v) is 14.0. The summed E-state index contributed by atoms with van der Waals surface area (Å²) in [7, 11) is 1.66. The Kier molecular flexibility index (Phi) is 5.00. The summed E-state index contributed by atoms with van der Waals surface area (Å²) in [6, 6.07) is 4.78. The normalized spacial score (nSPS) is 17.9. The average Bonchev–Trinajstić information content (AvgIpc) is 2.84. The molecule has 25 heavy (non-hydrogen) atoms. The van der Waals surface area contributed by atoms with Crippen LogP contribution in [0.4, 0.5) is 0 Å². The lowest BCUT2D eigenvalue weighted by Crippen LogP contribution is -2.44. The number of piperidine rings is 1. The molecular weight excluding hydrogens is 326 g/mol. The van der Waals surface area contributed by atoms with Gasteiger partial charge in [-0.2, -0.15) is 0 Å². The van der Waals surface area contributed by atoms with Gasteiger partial charge in [0.15, 0.2) is 0 Å². The molecule has 2 heterocycles. The van der Waals surface area contributed by atoms with Gasteiger partial charge in [-0.05, 0) is 18.9 Å². The van der Waals surface area contributed by atoms with E-state index in [9.17, 15) is 14.4 Å². The molecule has 8 heteroatoms. The highest BCUT2D eigenvalue weighted by molar-refractivity contribution is 6.00. The molecule has 2 aromatic rings. The standard InChI is InChI=1S/C17H21N3O5/c1-19-15-11(10-25-9-3-8-21)4-2-5-12(15)20(17(19)24)13-6-7-14(22)18-16(13)23/h2,4-5,13,21H,3,6-10H2,1H3,(H,18,22,23). The maximum absolute atomic E-state index is 12.7. The minimum Gasteiger partial charge on any atom is -0.396 e. The van der Waals surface area contributed by atoms with Crippen molar-refractivity contribution in [2.75, 3.05) is 13.2 Å². The fourth-order valence-electron chi connectivity index (χ4n) is 3.21. The number of imidazole rings is 1. The quantitative estimate of drug-likeness (QED) is 0.575. The molecule has 0 saturated carbocycles. The van der Waals surface area contributed by atoms with Crippen LogP contribution in [0.15, 0.2) is 23.0 Å². The third-order valence-electron chi connectivity index (χ3n) is 4.41. The van der Waals surface area contributed by atoms with Gasteiger partial charge in [0.1, 0.15) is 6.04 Å². The first-order valence-electron chi connectivity index (χ1n) is 8.25. The predicted molar refractivity (Wildman–Crippen MR) is 90.0 cm³/mol. The van der Waals surface area contributed by atoms with Gasteiger partial charge < -0.3 is 9.84 Å². The summed E-state index contributed by atoms with van der Waals surface area (Å²) < 4.78 is 8.50. The minimum atomic E-state index is -0.695. The van der Waals surface area contributed by atoms with Gasteiger partial charge in [0, 0.05) is 32.2 Å². The Morgan fingerprint density at radius 2 is 2.12 bits per heavy atom. The number of para-hydroxylation sites is 1. The molecule has 1 unspecified atom stereocenters. The van der Waals surface area contributed by atoms with Gasteiger partial charge in [-0.25, -0.2) is 4.79 Å². The maximum atomic E-state index is 12.7. The van der Waals surface area contributed by atoms with Crippen LogP contribution in [0.1, 0.15) is 30.9 Å². The summed E-state index contributed by atoms with van der Waals surface area (Å²) in [5, 5.41) is 11.1. The number of carbonyl (C=O) groups excluding carboxylic acids is 2. The van der Waals surface area contributed by atoms with Crippen LogP contribution in [-0.4, -0.2) is 39.3 Å². The number of aromatic nitrogens is 2. The predicted octanol–water partition coefficient (Wildman–Crippen LogP) is 0.217. The molecule has 1 fully saturated rings. The van der Waals surface area contributed by atoms with Crippen molar-refractivity contribution in [3.8, 4) is 0 Å². The summed E-state index contributed by atoms with van der Waals surface area (Å²) in [5.74, 6) is -0.761. The molecular formula is C17H21N3O5. The zero-order valence-electron chi connectivity index (χ0n) is 14.0. The molecule has 134 valence electrons. The van der Waals surface area contributed by atoms with Crippen LogP contribution < -0.4 is 11.0 Å². The summed E-state index contributed by atoms with van der Waals surface area (Å²) >= 11 is 0. The molecule has 2 amide bonds. The highest BCUT2D eigenvalue weighted by Crippen LogP contribution is 2.25. The van der Waals surface area contributed by atoms with Crippen molar-refractivity contribution in [1.29, 1.82) is 0 Å². The van der Waals surface area contributed by atoms with Crippen LogP contribution in [0.2, 0.25) is 0 Å². The number of aryl methyl sites for hydroxylation is 1. The number of hydrogen-bond acceptors (Lipinski definition) is 5. The number of nitrogens with one attached hydrogen (secondary N) is 1. The Morgan fingerprint density at radius 1 is 1.32 bits per heavy atom. The lowest BCUT2D eigenvalue weighted by atomic mass is 10.1. The van der Waals surface area contributed by atoms with E-state index in [4.69, 9.17) is 9.84 Å². The average molecular weight is 347 g/mol. The van der Waals surface area contributed by atoms with Crippen molar-refractivity contribution in [2.45, 2.75) is 31.9 Å². The van der Waals surface area contributed by atoms with Gasteiger partial charge in [0.2, 0.25) is 11.8 Å². The summed E-state index contributed by atoms with van der Waals surface area (Å²) in [6.07, 6.45) is 1.07. The summed E-state index contributed by atoms with van der Waals surface area (Å²) in [5.41, 5.74) is 1.89. The van der Waals surface area contributed by atoms with Gasteiger partial charge in [-0.15, -0.1) is 0 Å². The second kappa shape index (κ2) is 7.20. The SMILES string of the molecule is Cn1c(=O)n(C2CCC(=O)NC2=O)c2cccc(COCCCO)c21. The van der Waals surface area contributed by atoms with Crippen LogP contribution in [-0.2, 0) is 28.0 Å². The van der Waals surface area contributed by atoms with Crippen molar-refractivity contribution in [3.63, 3.8) is 0 Å². The number of hydrogen-bond donors (Lipinski definition) is 2. The lowest BCUT2D eigenvalue weighted by molar-refractivity contribution is -0.135. The third kappa shape index (κ3) is 3.22. The fraction of sp³-hybridized carbons (Fsp3) is 0.471. The number of nitrogens with zero attached hydrogens (tertiary/aromatic N) is 2. The number of carbonyl (C=O) groups is 2. The Bertz CT molecular complexity index is 867. The molecule has 1 aliphatic rings. The van der Waals surface area contributed by atoms with E-state index >= 15 is 0 Å². The van der Waals surface area contributed by atoms with Gasteiger partial charge in [-0.3, -0.25) is 24.0 Å². The molecule has 0 spiro atoms. The first-order chi connectivity index (χ1) is 12.0. The number of aliphatic hydroxyl groups excluding tert-OH is 1. The van der Waals surface area contributed by atoms with Crippen molar-refractivity contribution < 1.29 is 19.4 Å². The molecule has 1 atom stereocenters. The molecule has 0 aliphatic carbocycles. The number of ether oxygens (including phenoxy) is 1. The molecule has 0 bridgehead atoms. The van der Waals surface area contributed by atoms with E-state index in [2.05, 4.69) is 5.32 Å². The first-order valence-corrected chi connectivity index (χ1v) is 8.25. The number of amides is 2. The maximum Gasteiger partial charge on any atom is 0.329 e. The molecule has 0 radical (unpaired) electrons. The van der Waals surface area contributed by atoms with Gasteiger partial charge >= 0.3 is 5.69 Å². The van der Waals surface area contributed by atoms with E-state index in [1.165, 1.54) is 9.13 Å². The summed E-state index contributed by atoms with van der Waals surface area (Å²) in [4.78, 5) is 36.3. The van der Waals surface area contributed by atoms with E-state index in [0.29, 0.717) is 37.1 Å². The summed E-state index contributed by atoms with van der Waals surface area (Å²) in [6.45, 7) is 0.799. The van der Waals surface area contributed by atoms with Crippen LogP contribution in [0, 0.1) is 0 Å². The molecule has 1 aromatic heterocycles. The number of aliphatic hydroxyl groups is 1. The lowest BCUT2D eigenvalue weighted by Gasteiger charge is -2.21. The smallest absolute Gasteiger partial charge is 0.329 e. The first kappa shape index (κ1) is 17.4.